The van der Waals surface area contributed by atoms with Crippen molar-refractivity contribution in [3.8, 4) is 0 Å². The van der Waals surface area contributed by atoms with Crippen LogP contribution in [0.25, 0.3) is 0 Å². The van der Waals surface area contributed by atoms with Gasteiger partial charge in [-0.05, 0) is 20.0 Å². The van der Waals surface area contributed by atoms with Gasteiger partial charge >= 0.3 is 0 Å². The third kappa shape index (κ3) is 3.70. The molecule has 0 bridgehead atoms. The van der Waals surface area contributed by atoms with Gasteiger partial charge in [-0.15, -0.1) is 0 Å². The van der Waals surface area contributed by atoms with Crippen molar-refractivity contribution in [2.24, 2.45) is 0 Å². The number of halogens is 2. The molecule has 1 aromatic heterocycles. The van der Waals surface area contributed by atoms with Gasteiger partial charge in [0.05, 0.1) is 6.54 Å². The molecule has 0 spiro atoms. The van der Waals surface area contributed by atoms with Gasteiger partial charge in [0, 0.05) is 43.9 Å². The molecule has 2 unspecified atom stereocenters. The molecule has 1 aliphatic rings. The second kappa shape index (κ2) is 7.15. The van der Waals surface area contributed by atoms with Gasteiger partial charge in [0.15, 0.2) is 0 Å². The molecule has 1 aliphatic heterocycles. The zero-order valence-electron chi connectivity index (χ0n) is 14.4. The molecule has 6 nitrogen and oxygen atoms in total. The lowest BCUT2D eigenvalue weighted by Gasteiger charge is -2.44. The van der Waals surface area contributed by atoms with E-state index in [2.05, 4.69) is 19.9 Å². The molecule has 8 heteroatoms. The van der Waals surface area contributed by atoms with Gasteiger partial charge < -0.3 is 10.0 Å². The van der Waals surface area contributed by atoms with Crippen molar-refractivity contribution in [1.82, 2.24) is 24.6 Å². The molecule has 25 heavy (non-hydrogen) atoms. The maximum atomic E-state index is 14.5. The van der Waals surface area contributed by atoms with Crippen LogP contribution in [0, 0.1) is 11.6 Å². The standard InChI is InChI=1S/C17H23F2N5O/c1-13(23-7-5-22(2)6-8-23)17(25,10-24-12-20-11-21-24)15-4-3-14(18)9-16(15)19/h3-4,9,11-13,25H,5-8,10H2,1-2H3. The summed E-state index contributed by atoms with van der Waals surface area (Å²) in [6.45, 7) is 5.17. The molecule has 0 saturated carbocycles. The average molecular weight is 351 g/mol. The number of aromatic nitrogens is 3. The molecular weight excluding hydrogens is 328 g/mol. The summed E-state index contributed by atoms with van der Waals surface area (Å²) in [5.41, 5.74) is -1.50. The Bertz CT molecular complexity index is 703. The van der Waals surface area contributed by atoms with Crippen LogP contribution in [-0.2, 0) is 12.1 Å². The van der Waals surface area contributed by atoms with E-state index in [-0.39, 0.29) is 18.2 Å². The highest BCUT2D eigenvalue weighted by Gasteiger charge is 2.42. The van der Waals surface area contributed by atoms with E-state index in [1.165, 1.54) is 29.5 Å². The monoisotopic (exact) mass is 351 g/mol. The van der Waals surface area contributed by atoms with E-state index >= 15 is 0 Å². The number of benzene rings is 1. The van der Waals surface area contributed by atoms with Crippen LogP contribution in [0.3, 0.4) is 0 Å². The lowest BCUT2D eigenvalue weighted by molar-refractivity contribution is -0.0725. The molecular formula is C17H23F2N5O. The Morgan fingerprint density at radius 3 is 2.56 bits per heavy atom. The summed E-state index contributed by atoms with van der Waals surface area (Å²) < 4.78 is 29.3. The van der Waals surface area contributed by atoms with Crippen LogP contribution in [-0.4, -0.2) is 68.9 Å². The van der Waals surface area contributed by atoms with Gasteiger partial charge in [-0.1, -0.05) is 6.07 Å². The predicted molar refractivity (Wildman–Crippen MR) is 88.8 cm³/mol. The number of aliphatic hydroxyl groups is 1. The van der Waals surface area contributed by atoms with Gasteiger partial charge in [0.2, 0.25) is 0 Å². The van der Waals surface area contributed by atoms with Crippen molar-refractivity contribution in [1.29, 1.82) is 0 Å². The van der Waals surface area contributed by atoms with Gasteiger partial charge in [0.25, 0.3) is 0 Å². The molecule has 2 aromatic rings. The van der Waals surface area contributed by atoms with E-state index in [1.807, 2.05) is 14.0 Å². The summed E-state index contributed by atoms with van der Waals surface area (Å²) in [4.78, 5) is 8.22. The Hall–Kier alpha value is -1.90. The van der Waals surface area contributed by atoms with E-state index < -0.39 is 17.2 Å². The number of hydrogen-bond acceptors (Lipinski definition) is 5. The molecule has 0 aliphatic carbocycles. The fourth-order valence-corrected chi connectivity index (χ4v) is 3.36. The van der Waals surface area contributed by atoms with E-state index in [1.54, 1.807) is 0 Å². The Morgan fingerprint density at radius 2 is 1.96 bits per heavy atom. The van der Waals surface area contributed by atoms with Crippen molar-refractivity contribution in [3.63, 3.8) is 0 Å². The zero-order chi connectivity index (χ0) is 18.0. The molecule has 1 saturated heterocycles. The Labute approximate surface area is 145 Å². The molecule has 1 fully saturated rings. The number of nitrogens with zero attached hydrogens (tertiary/aromatic N) is 5. The Morgan fingerprint density at radius 1 is 1.24 bits per heavy atom. The molecule has 1 aromatic carbocycles. The minimum Gasteiger partial charge on any atom is -0.381 e. The molecule has 2 atom stereocenters. The number of hydrogen-bond donors (Lipinski definition) is 1. The fourth-order valence-electron chi connectivity index (χ4n) is 3.36. The first kappa shape index (κ1) is 17.9. The van der Waals surface area contributed by atoms with Gasteiger partial charge in [-0.25, -0.2) is 18.4 Å². The van der Waals surface area contributed by atoms with Crippen LogP contribution in [0.15, 0.2) is 30.9 Å². The van der Waals surface area contributed by atoms with E-state index in [4.69, 9.17) is 0 Å². The van der Waals surface area contributed by atoms with Crippen LogP contribution in [0.1, 0.15) is 12.5 Å². The second-order valence-corrected chi connectivity index (χ2v) is 6.66. The summed E-state index contributed by atoms with van der Waals surface area (Å²) in [7, 11) is 2.04. The number of piperazine rings is 1. The maximum Gasteiger partial charge on any atom is 0.137 e. The summed E-state index contributed by atoms with van der Waals surface area (Å²) in [6.07, 6.45) is 2.84. The lowest BCUT2D eigenvalue weighted by Crippen LogP contribution is -2.57. The SMILES string of the molecule is CC(N1CCN(C)CC1)C(O)(Cn1cncn1)c1ccc(F)cc1F. The molecule has 0 radical (unpaired) electrons. The molecule has 3 rings (SSSR count). The highest BCUT2D eigenvalue weighted by atomic mass is 19.1. The van der Waals surface area contributed by atoms with Crippen LogP contribution in [0.5, 0.6) is 0 Å². The topological polar surface area (TPSA) is 57.4 Å². The zero-order valence-corrected chi connectivity index (χ0v) is 14.4. The quantitative estimate of drug-likeness (QED) is 0.874. The Kier molecular flexibility index (Phi) is 5.12. The number of likely N-dealkylation sites (N-methyl/N-ethyl adjacent to an activating group) is 1. The summed E-state index contributed by atoms with van der Waals surface area (Å²) >= 11 is 0. The van der Waals surface area contributed by atoms with Crippen LogP contribution in [0.4, 0.5) is 8.78 Å². The van der Waals surface area contributed by atoms with Gasteiger partial charge in [-0.3, -0.25) is 4.90 Å². The summed E-state index contributed by atoms with van der Waals surface area (Å²) in [5.74, 6) is -1.43. The van der Waals surface area contributed by atoms with Crippen molar-refractivity contribution in [3.05, 3.63) is 48.1 Å². The highest BCUT2D eigenvalue weighted by Crippen LogP contribution is 2.33. The third-order valence-corrected chi connectivity index (χ3v) is 5.04. The first-order chi connectivity index (χ1) is 11.9. The summed E-state index contributed by atoms with van der Waals surface area (Å²) in [6, 6.07) is 2.90. The minimum absolute atomic E-state index is 0.0308. The number of rotatable bonds is 5. The highest BCUT2D eigenvalue weighted by molar-refractivity contribution is 5.27. The van der Waals surface area contributed by atoms with Gasteiger partial charge in [0.1, 0.15) is 29.9 Å². The third-order valence-electron chi connectivity index (χ3n) is 5.04. The van der Waals surface area contributed by atoms with Crippen molar-refractivity contribution < 1.29 is 13.9 Å². The lowest BCUT2D eigenvalue weighted by atomic mass is 9.85. The van der Waals surface area contributed by atoms with Crippen LogP contribution < -0.4 is 0 Å². The van der Waals surface area contributed by atoms with Crippen molar-refractivity contribution in [2.45, 2.75) is 25.1 Å². The van der Waals surface area contributed by atoms with E-state index in [0.717, 1.165) is 32.2 Å². The molecule has 136 valence electrons. The van der Waals surface area contributed by atoms with Crippen LogP contribution in [0.2, 0.25) is 0 Å². The predicted octanol–water partition coefficient (Wildman–Crippen LogP) is 1.08. The normalized spacial score (nSPS) is 20.4. The minimum atomic E-state index is -1.57. The molecule has 1 N–H and O–H groups in total. The van der Waals surface area contributed by atoms with Crippen LogP contribution >= 0.6 is 0 Å². The van der Waals surface area contributed by atoms with Crippen molar-refractivity contribution in [2.75, 3.05) is 33.2 Å². The Balaban J connectivity index is 1.96. The van der Waals surface area contributed by atoms with E-state index in [0.29, 0.717) is 0 Å². The largest absolute Gasteiger partial charge is 0.381 e. The molecule has 2 heterocycles. The average Bonchev–Trinajstić information content (AvgIpc) is 3.07. The smallest absolute Gasteiger partial charge is 0.137 e. The second-order valence-electron chi connectivity index (χ2n) is 6.66. The fraction of sp³-hybridized carbons (Fsp3) is 0.529. The maximum absolute atomic E-state index is 14.5. The van der Waals surface area contributed by atoms with Gasteiger partial charge in [-0.2, -0.15) is 5.10 Å². The molecule has 0 amide bonds. The van der Waals surface area contributed by atoms with E-state index in [9.17, 15) is 13.9 Å². The van der Waals surface area contributed by atoms with Crippen molar-refractivity contribution >= 4 is 0 Å². The summed E-state index contributed by atoms with van der Waals surface area (Å²) in [5, 5.41) is 15.5. The first-order valence-electron chi connectivity index (χ1n) is 8.33. The first-order valence-corrected chi connectivity index (χ1v) is 8.33.